The summed E-state index contributed by atoms with van der Waals surface area (Å²) in [6.45, 7) is 5.79. The number of halogens is 2. The summed E-state index contributed by atoms with van der Waals surface area (Å²) in [5, 5.41) is 2.50. The van der Waals surface area contributed by atoms with Gasteiger partial charge in [0.1, 0.15) is 5.82 Å². The summed E-state index contributed by atoms with van der Waals surface area (Å²) in [6, 6.07) is 8.28. The number of nitrogens with one attached hydrogen (secondary N) is 1. The second-order valence-corrected chi connectivity index (χ2v) is 8.01. The smallest absolute Gasteiger partial charge is 0.257 e. The molecule has 140 valence electrons. The van der Waals surface area contributed by atoms with Crippen molar-refractivity contribution in [3.05, 3.63) is 58.4 Å². The van der Waals surface area contributed by atoms with Crippen molar-refractivity contribution in [2.45, 2.75) is 25.7 Å². The van der Waals surface area contributed by atoms with Crippen LogP contribution in [0.25, 0.3) is 0 Å². The maximum absolute atomic E-state index is 13.9. The Bertz CT molecular complexity index is 928. The van der Waals surface area contributed by atoms with E-state index in [4.69, 9.17) is 11.6 Å². The van der Waals surface area contributed by atoms with E-state index in [-0.39, 0.29) is 21.2 Å². The Hall–Kier alpha value is -1.96. The molecule has 0 spiro atoms. The normalized spacial score (nSPS) is 11.6. The van der Waals surface area contributed by atoms with Gasteiger partial charge in [-0.05, 0) is 42.8 Å². The summed E-state index contributed by atoms with van der Waals surface area (Å²) in [5.74, 6) is -1.27. The zero-order valence-corrected chi connectivity index (χ0v) is 16.3. The van der Waals surface area contributed by atoms with Crippen LogP contribution in [0.15, 0.2) is 41.3 Å². The van der Waals surface area contributed by atoms with E-state index in [1.165, 1.54) is 34.6 Å². The number of amides is 1. The van der Waals surface area contributed by atoms with Crippen molar-refractivity contribution >= 4 is 33.2 Å². The molecule has 1 amide bonds. The van der Waals surface area contributed by atoms with Gasteiger partial charge in [-0.25, -0.2) is 12.8 Å². The van der Waals surface area contributed by atoms with E-state index in [9.17, 15) is 17.6 Å². The molecule has 0 atom stereocenters. The van der Waals surface area contributed by atoms with Crippen LogP contribution in [0.3, 0.4) is 0 Å². The van der Waals surface area contributed by atoms with Crippen molar-refractivity contribution in [3.63, 3.8) is 0 Å². The number of carbonyl (C=O) groups excluding carboxylic acids is 1. The maximum atomic E-state index is 13.9. The lowest BCUT2D eigenvalue weighted by molar-refractivity contribution is 0.102. The van der Waals surface area contributed by atoms with Crippen molar-refractivity contribution in [1.29, 1.82) is 0 Å². The van der Waals surface area contributed by atoms with E-state index in [0.717, 1.165) is 0 Å². The topological polar surface area (TPSA) is 66.5 Å². The largest absolute Gasteiger partial charge is 0.319 e. The molecule has 0 radical (unpaired) electrons. The third kappa shape index (κ3) is 4.23. The Balaban J connectivity index is 2.39. The lowest BCUT2D eigenvalue weighted by Crippen LogP contribution is -2.30. The van der Waals surface area contributed by atoms with Gasteiger partial charge in [-0.2, -0.15) is 4.31 Å². The van der Waals surface area contributed by atoms with Crippen LogP contribution < -0.4 is 5.32 Å². The lowest BCUT2D eigenvalue weighted by atomic mass is 10.2. The summed E-state index contributed by atoms with van der Waals surface area (Å²) in [7, 11) is -3.74. The Morgan fingerprint density at radius 2 is 1.81 bits per heavy atom. The van der Waals surface area contributed by atoms with Crippen LogP contribution in [0.1, 0.15) is 29.8 Å². The van der Waals surface area contributed by atoms with Crippen molar-refractivity contribution in [2.75, 3.05) is 18.4 Å². The minimum Gasteiger partial charge on any atom is -0.319 e. The fraction of sp³-hybridized carbons (Fsp3) is 0.278. The number of carbonyl (C=O) groups is 1. The third-order valence-corrected chi connectivity index (χ3v) is 6.27. The second-order valence-electron chi connectivity index (χ2n) is 5.67. The third-order valence-electron chi connectivity index (χ3n) is 3.90. The molecular formula is C18H20ClFN2O3S. The monoisotopic (exact) mass is 398 g/mol. The molecule has 0 bridgehead atoms. The number of hydrogen-bond acceptors (Lipinski definition) is 3. The van der Waals surface area contributed by atoms with Crippen molar-refractivity contribution < 1.29 is 17.6 Å². The average Bonchev–Trinajstić information content (AvgIpc) is 2.58. The number of sulfonamides is 1. The second kappa shape index (κ2) is 8.16. The molecule has 0 unspecified atom stereocenters. The Labute approximate surface area is 157 Å². The number of anilines is 1. The van der Waals surface area contributed by atoms with Crippen LogP contribution in [0, 0.1) is 12.7 Å². The predicted molar refractivity (Wildman–Crippen MR) is 101 cm³/mol. The molecule has 2 aromatic carbocycles. The molecule has 8 heteroatoms. The van der Waals surface area contributed by atoms with Crippen LogP contribution in [-0.4, -0.2) is 31.7 Å². The van der Waals surface area contributed by atoms with E-state index >= 15 is 0 Å². The van der Waals surface area contributed by atoms with Crippen LogP contribution in [0.5, 0.6) is 0 Å². The predicted octanol–water partition coefficient (Wildman–Crippen LogP) is 4.07. The van der Waals surface area contributed by atoms with Crippen LogP contribution >= 0.6 is 11.6 Å². The first-order chi connectivity index (χ1) is 12.2. The van der Waals surface area contributed by atoms with Crippen molar-refractivity contribution in [3.8, 4) is 0 Å². The first-order valence-corrected chi connectivity index (χ1v) is 9.89. The summed E-state index contributed by atoms with van der Waals surface area (Å²) in [6.07, 6.45) is 0. The lowest BCUT2D eigenvalue weighted by Gasteiger charge is -2.19. The molecule has 0 saturated carbocycles. The van der Waals surface area contributed by atoms with Crippen LogP contribution in [-0.2, 0) is 10.0 Å². The zero-order chi connectivity index (χ0) is 19.5. The van der Waals surface area contributed by atoms with Gasteiger partial charge in [-0.3, -0.25) is 4.79 Å². The highest BCUT2D eigenvalue weighted by Crippen LogP contribution is 2.24. The molecule has 0 aromatic heterocycles. The van der Waals surface area contributed by atoms with Gasteiger partial charge in [0.15, 0.2) is 0 Å². The molecule has 26 heavy (non-hydrogen) atoms. The molecule has 0 saturated heterocycles. The van der Waals surface area contributed by atoms with Crippen molar-refractivity contribution in [2.24, 2.45) is 0 Å². The average molecular weight is 399 g/mol. The quantitative estimate of drug-likeness (QED) is 0.797. The summed E-state index contributed by atoms with van der Waals surface area (Å²) < 4.78 is 40.5. The van der Waals surface area contributed by atoms with Gasteiger partial charge in [0.05, 0.1) is 21.2 Å². The fourth-order valence-electron chi connectivity index (χ4n) is 2.46. The highest BCUT2D eigenvalue weighted by Gasteiger charge is 2.24. The SMILES string of the molecule is CCN(CC)S(=O)(=O)c1ccc(Cl)c(C(=O)Nc2ccc(C)cc2F)c1. The minimum atomic E-state index is -3.74. The van der Waals surface area contributed by atoms with E-state index < -0.39 is 21.7 Å². The molecule has 5 nitrogen and oxygen atoms in total. The first-order valence-electron chi connectivity index (χ1n) is 8.07. The highest BCUT2D eigenvalue weighted by atomic mass is 35.5. The van der Waals surface area contributed by atoms with Gasteiger partial charge in [0, 0.05) is 13.1 Å². The van der Waals surface area contributed by atoms with Crippen molar-refractivity contribution in [1.82, 2.24) is 4.31 Å². The Morgan fingerprint density at radius 1 is 1.15 bits per heavy atom. The van der Waals surface area contributed by atoms with Gasteiger partial charge in [-0.1, -0.05) is 31.5 Å². The van der Waals surface area contributed by atoms with E-state index in [1.54, 1.807) is 26.8 Å². The van der Waals surface area contributed by atoms with Crippen LogP contribution in [0.2, 0.25) is 5.02 Å². The van der Waals surface area contributed by atoms with Gasteiger partial charge in [-0.15, -0.1) is 0 Å². The minimum absolute atomic E-state index is 0.00586. The highest BCUT2D eigenvalue weighted by molar-refractivity contribution is 7.89. The summed E-state index contributed by atoms with van der Waals surface area (Å²) in [4.78, 5) is 12.4. The molecule has 0 heterocycles. The molecule has 0 fully saturated rings. The summed E-state index contributed by atoms with van der Waals surface area (Å²) >= 11 is 6.06. The zero-order valence-electron chi connectivity index (χ0n) is 14.7. The number of hydrogen-bond donors (Lipinski definition) is 1. The van der Waals surface area contributed by atoms with Gasteiger partial charge >= 0.3 is 0 Å². The fourth-order valence-corrected chi connectivity index (χ4v) is 4.15. The Morgan fingerprint density at radius 3 is 2.38 bits per heavy atom. The van der Waals surface area contributed by atoms with E-state index in [1.807, 2.05) is 0 Å². The van der Waals surface area contributed by atoms with Gasteiger partial charge in [0.25, 0.3) is 5.91 Å². The molecule has 0 aliphatic heterocycles. The standard InChI is InChI=1S/C18H20ClFN2O3S/c1-4-22(5-2)26(24,25)13-7-8-15(19)14(11-13)18(23)21-17-9-6-12(3)10-16(17)20/h6-11H,4-5H2,1-3H3,(H,21,23). The molecule has 2 aromatic rings. The number of aryl methyl sites for hydroxylation is 1. The molecule has 0 aliphatic carbocycles. The van der Waals surface area contributed by atoms with E-state index in [2.05, 4.69) is 5.32 Å². The number of rotatable bonds is 6. The summed E-state index contributed by atoms with van der Waals surface area (Å²) in [5.41, 5.74) is 0.666. The Kier molecular flexibility index (Phi) is 6.39. The first kappa shape index (κ1) is 20.4. The molecule has 1 N–H and O–H groups in total. The molecule has 2 rings (SSSR count). The van der Waals surface area contributed by atoms with Gasteiger partial charge < -0.3 is 5.32 Å². The number of nitrogens with zero attached hydrogens (tertiary/aromatic N) is 1. The van der Waals surface area contributed by atoms with E-state index in [0.29, 0.717) is 18.7 Å². The van der Waals surface area contributed by atoms with Gasteiger partial charge in [0.2, 0.25) is 10.0 Å². The molecular weight excluding hydrogens is 379 g/mol. The van der Waals surface area contributed by atoms with Crippen LogP contribution in [0.4, 0.5) is 10.1 Å². The molecule has 0 aliphatic rings. The maximum Gasteiger partial charge on any atom is 0.257 e. The number of benzene rings is 2.